The Bertz CT molecular complexity index is 1020. The van der Waals surface area contributed by atoms with Gasteiger partial charge in [-0.15, -0.1) is 0 Å². The number of phenolic OH excluding ortho intramolecular Hbond substituents is 4. The summed E-state index contributed by atoms with van der Waals surface area (Å²) >= 11 is 0. The average molecular weight is 452 g/mol. The number of carboxylic acid groups (broad SMARTS) is 1. The first-order valence-corrected chi connectivity index (χ1v) is 11.1. The highest BCUT2D eigenvalue weighted by molar-refractivity contribution is 5.75. The van der Waals surface area contributed by atoms with Gasteiger partial charge >= 0.3 is 5.97 Å². The summed E-state index contributed by atoms with van der Waals surface area (Å²) in [6, 6.07) is 8.59. The number of allylic oxidation sites excluding steroid dienone is 2. The fraction of sp³-hybridized carbons (Fsp3) is 0.346. The van der Waals surface area contributed by atoms with Crippen molar-refractivity contribution in [3.63, 3.8) is 0 Å². The molecular weight excluding hydrogens is 422 g/mol. The third-order valence-electron chi connectivity index (χ3n) is 7.10. The number of hydrogen-bond donors (Lipinski definition) is 5. The van der Waals surface area contributed by atoms with Gasteiger partial charge in [0.1, 0.15) is 6.04 Å². The van der Waals surface area contributed by atoms with Gasteiger partial charge < -0.3 is 25.5 Å². The summed E-state index contributed by atoms with van der Waals surface area (Å²) in [6.07, 6.45) is 10.6. The van der Waals surface area contributed by atoms with Crippen molar-refractivity contribution in [2.75, 3.05) is 13.1 Å². The highest BCUT2D eigenvalue weighted by Gasteiger charge is 2.55. The van der Waals surface area contributed by atoms with Crippen LogP contribution in [0.3, 0.4) is 0 Å². The Morgan fingerprint density at radius 3 is 1.76 bits per heavy atom. The van der Waals surface area contributed by atoms with Crippen LogP contribution in [0.25, 0.3) is 12.2 Å². The molecule has 1 unspecified atom stereocenters. The maximum atomic E-state index is 12.4. The summed E-state index contributed by atoms with van der Waals surface area (Å²) in [7, 11) is 0. The van der Waals surface area contributed by atoms with E-state index in [4.69, 9.17) is 0 Å². The molecule has 2 bridgehead atoms. The Kier molecular flexibility index (Phi) is 6.33. The summed E-state index contributed by atoms with van der Waals surface area (Å²) < 4.78 is 0. The smallest absolute Gasteiger partial charge is 0.321 e. The van der Waals surface area contributed by atoms with Crippen LogP contribution in [-0.2, 0) is 4.79 Å². The van der Waals surface area contributed by atoms with Crippen molar-refractivity contribution in [3.8, 4) is 23.0 Å². The van der Waals surface area contributed by atoms with E-state index in [1.54, 1.807) is 12.1 Å². The van der Waals surface area contributed by atoms with E-state index in [9.17, 15) is 30.3 Å². The first kappa shape index (κ1) is 22.7. The standard InChI is InChI=1S/C26H29NO6/c28-20-7-5-17(15-22(20)30)3-1-11-26(12-2-4-18-6-8-21(29)23(31)16-18)19-9-13-27(14-10-19)24(26)25(32)33/h1-8,15-16,19,24,28-31H,9-14H2,(H,32,33)/b3-1+,4-2+. The number of hydrogen-bond acceptors (Lipinski definition) is 6. The van der Waals surface area contributed by atoms with Crippen molar-refractivity contribution in [1.29, 1.82) is 0 Å². The molecule has 2 aromatic carbocycles. The molecule has 174 valence electrons. The number of aromatic hydroxyl groups is 4. The van der Waals surface area contributed by atoms with Crippen molar-refractivity contribution >= 4 is 18.1 Å². The Labute approximate surface area is 192 Å². The molecule has 0 aromatic heterocycles. The maximum absolute atomic E-state index is 12.4. The van der Waals surface area contributed by atoms with Gasteiger partial charge in [-0.05, 0) is 80.1 Å². The van der Waals surface area contributed by atoms with Crippen LogP contribution in [0.2, 0.25) is 0 Å². The molecule has 7 nitrogen and oxygen atoms in total. The Balaban J connectivity index is 1.62. The van der Waals surface area contributed by atoms with E-state index in [1.165, 1.54) is 24.3 Å². The molecule has 3 heterocycles. The number of fused-ring (bicyclic) bond motifs is 3. The first-order valence-electron chi connectivity index (χ1n) is 11.1. The SMILES string of the molecule is O=C(O)C1N2CCC(CC2)C1(C/C=C/c1ccc(O)c(O)c1)C/C=C/c1ccc(O)c(O)c1. The zero-order valence-corrected chi connectivity index (χ0v) is 18.3. The number of piperidine rings is 3. The van der Waals surface area contributed by atoms with Crippen molar-refractivity contribution in [1.82, 2.24) is 4.90 Å². The number of carbonyl (C=O) groups is 1. The van der Waals surface area contributed by atoms with Crippen molar-refractivity contribution in [2.24, 2.45) is 11.3 Å². The summed E-state index contributed by atoms with van der Waals surface area (Å²) in [6.45, 7) is 1.57. The van der Waals surface area contributed by atoms with Crippen LogP contribution in [0, 0.1) is 11.3 Å². The Morgan fingerprint density at radius 2 is 1.33 bits per heavy atom. The molecule has 5 rings (SSSR count). The number of aliphatic carboxylic acids is 1. The van der Waals surface area contributed by atoms with Gasteiger partial charge in [-0.1, -0.05) is 36.4 Å². The molecular formula is C26H29NO6. The van der Waals surface area contributed by atoms with E-state index in [-0.39, 0.29) is 28.9 Å². The summed E-state index contributed by atoms with van der Waals surface area (Å²) in [4.78, 5) is 14.5. The minimum Gasteiger partial charge on any atom is -0.504 e. The lowest BCUT2D eigenvalue weighted by molar-refractivity contribution is -0.163. The molecule has 0 saturated carbocycles. The fourth-order valence-electron chi connectivity index (χ4n) is 5.48. The molecule has 3 aliphatic heterocycles. The predicted molar refractivity (Wildman–Crippen MR) is 125 cm³/mol. The van der Waals surface area contributed by atoms with Crippen LogP contribution < -0.4 is 0 Å². The number of rotatable bonds is 7. The predicted octanol–water partition coefficient (Wildman–Crippen LogP) is 4.18. The van der Waals surface area contributed by atoms with Crippen molar-refractivity contribution in [2.45, 2.75) is 31.7 Å². The fourth-order valence-corrected chi connectivity index (χ4v) is 5.48. The lowest BCUT2D eigenvalue weighted by atomic mass is 9.58. The molecule has 7 heteroatoms. The van der Waals surface area contributed by atoms with Gasteiger partial charge in [0.15, 0.2) is 23.0 Å². The first-order chi connectivity index (χ1) is 15.8. The van der Waals surface area contributed by atoms with Gasteiger partial charge in [0.05, 0.1) is 0 Å². The number of nitrogens with zero attached hydrogens (tertiary/aromatic N) is 1. The highest BCUT2D eigenvalue weighted by Crippen LogP contribution is 2.52. The monoisotopic (exact) mass is 451 g/mol. The van der Waals surface area contributed by atoms with Gasteiger partial charge in [-0.25, -0.2) is 0 Å². The van der Waals surface area contributed by atoms with E-state index in [2.05, 4.69) is 4.90 Å². The average Bonchev–Trinajstić information content (AvgIpc) is 2.79. The zero-order chi connectivity index (χ0) is 23.6. The molecule has 5 N–H and O–H groups in total. The van der Waals surface area contributed by atoms with E-state index in [0.717, 1.165) is 37.1 Å². The van der Waals surface area contributed by atoms with E-state index >= 15 is 0 Å². The lowest BCUT2D eigenvalue weighted by Gasteiger charge is -2.57. The van der Waals surface area contributed by atoms with Crippen LogP contribution >= 0.6 is 0 Å². The van der Waals surface area contributed by atoms with Crippen molar-refractivity contribution in [3.05, 3.63) is 59.7 Å². The van der Waals surface area contributed by atoms with Crippen LogP contribution in [-0.4, -0.2) is 55.5 Å². The lowest BCUT2D eigenvalue weighted by Crippen LogP contribution is -2.64. The molecule has 3 saturated heterocycles. The summed E-state index contributed by atoms with van der Waals surface area (Å²) in [5.41, 5.74) is 0.959. The van der Waals surface area contributed by atoms with Gasteiger partial charge in [-0.3, -0.25) is 9.69 Å². The molecule has 33 heavy (non-hydrogen) atoms. The topological polar surface area (TPSA) is 121 Å². The highest BCUT2D eigenvalue weighted by atomic mass is 16.4. The zero-order valence-electron chi connectivity index (χ0n) is 18.3. The second-order valence-corrected chi connectivity index (χ2v) is 8.99. The van der Waals surface area contributed by atoms with Crippen LogP contribution in [0.15, 0.2) is 48.6 Å². The quantitative estimate of drug-likeness (QED) is 0.400. The van der Waals surface area contributed by atoms with Gasteiger partial charge in [-0.2, -0.15) is 0 Å². The maximum Gasteiger partial charge on any atom is 0.321 e. The van der Waals surface area contributed by atoms with Gasteiger partial charge in [0.2, 0.25) is 0 Å². The van der Waals surface area contributed by atoms with E-state index in [1.807, 2.05) is 24.3 Å². The molecule has 3 fully saturated rings. The Hall–Kier alpha value is -3.45. The molecule has 0 aliphatic carbocycles. The Morgan fingerprint density at radius 1 is 0.848 bits per heavy atom. The number of carboxylic acids is 1. The molecule has 1 atom stereocenters. The van der Waals surface area contributed by atoms with Crippen molar-refractivity contribution < 1.29 is 30.3 Å². The van der Waals surface area contributed by atoms with Gasteiger partial charge in [0.25, 0.3) is 0 Å². The minimum absolute atomic E-state index is 0.183. The second-order valence-electron chi connectivity index (χ2n) is 8.99. The number of phenols is 4. The third-order valence-corrected chi connectivity index (χ3v) is 7.10. The number of benzene rings is 2. The largest absolute Gasteiger partial charge is 0.504 e. The normalized spacial score (nSPS) is 23.9. The van der Waals surface area contributed by atoms with E-state index in [0.29, 0.717) is 12.8 Å². The molecule has 0 radical (unpaired) electrons. The third kappa shape index (κ3) is 4.54. The van der Waals surface area contributed by atoms with E-state index < -0.39 is 17.4 Å². The molecule has 3 aliphatic rings. The van der Waals surface area contributed by atoms with Crippen LogP contribution in [0.4, 0.5) is 0 Å². The molecule has 0 spiro atoms. The summed E-state index contributed by atoms with van der Waals surface area (Å²) in [5.74, 6) is -1.31. The molecule has 0 amide bonds. The summed E-state index contributed by atoms with van der Waals surface area (Å²) in [5, 5.41) is 48.7. The second kappa shape index (κ2) is 9.19. The minimum atomic E-state index is -0.814. The molecule has 2 aromatic rings. The van der Waals surface area contributed by atoms with Crippen LogP contribution in [0.1, 0.15) is 36.8 Å². The van der Waals surface area contributed by atoms with Gasteiger partial charge in [0, 0.05) is 5.41 Å². The van der Waals surface area contributed by atoms with Crippen LogP contribution in [0.5, 0.6) is 23.0 Å².